The van der Waals surface area contributed by atoms with E-state index in [2.05, 4.69) is 40.2 Å². The Kier molecular flexibility index (Phi) is 4.22. The fourth-order valence-corrected chi connectivity index (χ4v) is 3.31. The molecule has 0 bridgehead atoms. The van der Waals surface area contributed by atoms with Gasteiger partial charge in [-0.3, -0.25) is 9.48 Å². The molecule has 1 saturated heterocycles. The zero-order valence-electron chi connectivity index (χ0n) is 11.2. The van der Waals surface area contributed by atoms with Crippen molar-refractivity contribution in [1.82, 2.24) is 15.1 Å². The van der Waals surface area contributed by atoms with Crippen molar-refractivity contribution in [1.29, 1.82) is 0 Å². The average Bonchev–Trinajstić information content (AvgIpc) is 2.87. The smallest absolute Gasteiger partial charge is 0.143 e. The van der Waals surface area contributed by atoms with Gasteiger partial charge in [-0.1, -0.05) is 13.8 Å². The van der Waals surface area contributed by atoms with Gasteiger partial charge < -0.3 is 5.32 Å². The number of carbonyl (C=O) groups excluding carboxylic acids is 1. The first-order valence-corrected chi connectivity index (χ1v) is 7.27. The summed E-state index contributed by atoms with van der Waals surface area (Å²) in [5, 5.41) is 7.71. The largest absolute Gasteiger partial charge is 0.316 e. The second kappa shape index (κ2) is 5.53. The molecule has 100 valence electrons. The number of carbonyl (C=O) groups is 1. The van der Waals surface area contributed by atoms with E-state index in [0.29, 0.717) is 18.1 Å². The quantitative estimate of drug-likeness (QED) is 0.920. The van der Waals surface area contributed by atoms with Crippen LogP contribution < -0.4 is 5.32 Å². The summed E-state index contributed by atoms with van der Waals surface area (Å²) in [5.41, 5.74) is 2.02. The summed E-state index contributed by atoms with van der Waals surface area (Å²) in [6.07, 6.45) is 1.35. The van der Waals surface area contributed by atoms with Gasteiger partial charge in [0, 0.05) is 25.9 Å². The topological polar surface area (TPSA) is 46.9 Å². The lowest BCUT2D eigenvalue weighted by atomic mass is 9.91. The van der Waals surface area contributed by atoms with Crippen LogP contribution in [0.15, 0.2) is 4.47 Å². The number of aryl methyl sites for hydroxylation is 2. The Labute approximate surface area is 116 Å². The van der Waals surface area contributed by atoms with Gasteiger partial charge in [-0.2, -0.15) is 5.10 Å². The third-order valence-electron chi connectivity index (χ3n) is 3.78. The Morgan fingerprint density at radius 2 is 2.28 bits per heavy atom. The van der Waals surface area contributed by atoms with Gasteiger partial charge in [0.1, 0.15) is 5.78 Å². The van der Waals surface area contributed by atoms with Gasteiger partial charge in [-0.15, -0.1) is 0 Å². The summed E-state index contributed by atoms with van der Waals surface area (Å²) in [6, 6.07) is 0. The number of nitrogens with zero attached hydrogens (tertiary/aromatic N) is 2. The van der Waals surface area contributed by atoms with Crippen LogP contribution in [-0.4, -0.2) is 28.7 Å². The van der Waals surface area contributed by atoms with Gasteiger partial charge in [0.25, 0.3) is 0 Å². The first-order chi connectivity index (χ1) is 8.54. The third-order valence-corrected chi connectivity index (χ3v) is 4.69. The average molecular weight is 314 g/mol. The van der Waals surface area contributed by atoms with Crippen molar-refractivity contribution in [3.8, 4) is 0 Å². The predicted molar refractivity (Wildman–Crippen MR) is 74.5 cm³/mol. The van der Waals surface area contributed by atoms with Gasteiger partial charge in [0.15, 0.2) is 0 Å². The summed E-state index contributed by atoms with van der Waals surface area (Å²) >= 11 is 3.56. The fraction of sp³-hybridized carbons (Fsp3) is 0.692. The molecule has 4 nitrogen and oxygen atoms in total. The highest BCUT2D eigenvalue weighted by Gasteiger charge is 2.30. The van der Waals surface area contributed by atoms with Gasteiger partial charge in [0.2, 0.25) is 0 Å². The molecule has 0 spiro atoms. The van der Waals surface area contributed by atoms with Crippen molar-refractivity contribution >= 4 is 21.7 Å². The Morgan fingerprint density at radius 3 is 2.78 bits per heavy atom. The molecule has 2 atom stereocenters. The molecule has 2 unspecified atom stereocenters. The number of Topliss-reactive ketones (excluding diaryl/α,β-unsaturated/α-hetero) is 1. The van der Waals surface area contributed by atoms with E-state index in [4.69, 9.17) is 0 Å². The van der Waals surface area contributed by atoms with Crippen molar-refractivity contribution in [2.75, 3.05) is 13.1 Å². The second-order valence-corrected chi connectivity index (χ2v) is 5.86. The van der Waals surface area contributed by atoms with E-state index >= 15 is 0 Å². The fourth-order valence-electron chi connectivity index (χ4n) is 2.55. The molecule has 1 aromatic heterocycles. The maximum atomic E-state index is 12.3. The number of nitrogens with one attached hydrogen (secondary N) is 1. The molecule has 18 heavy (non-hydrogen) atoms. The molecule has 0 aromatic carbocycles. The van der Waals surface area contributed by atoms with E-state index in [-0.39, 0.29) is 5.92 Å². The summed E-state index contributed by atoms with van der Waals surface area (Å²) < 4.78 is 2.83. The van der Waals surface area contributed by atoms with Crippen LogP contribution in [0, 0.1) is 11.8 Å². The summed E-state index contributed by atoms with van der Waals surface area (Å²) in [4.78, 5) is 12.3. The van der Waals surface area contributed by atoms with Gasteiger partial charge in [-0.25, -0.2) is 0 Å². The molecule has 0 radical (unpaired) electrons. The van der Waals surface area contributed by atoms with Crippen molar-refractivity contribution in [2.45, 2.75) is 26.7 Å². The molecular weight excluding hydrogens is 294 g/mol. The van der Waals surface area contributed by atoms with E-state index in [0.717, 1.165) is 35.4 Å². The Bertz CT molecular complexity index is 455. The molecule has 5 heteroatoms. The van der Waals surface area contributed by atoms with Gasteiger partial charge >= 0.3 is 0 Å². The minimum Gasteiger partial charge on any atom is -0.316 e. The predicted octanol–water partition coefficient (Wildman–Crippen LogP) is 1.71. The van der Waals surface area contributed by atoms with Crippen LogP contribution in [0.5, 0.6) is 0 Å². The summed E-state index contributed by atoms with van der Waals surface area (Å²) in [5.74, 6) is 0.908. The number of hydrogen-bond donors (Lipinski definition) is 1. The number of aromatic nitrogens is 2. The molecular formula is C13H20BrN3O. The maximum Gasteiger partial charge on any atom is 0.143 e. The van der Waals surface area contributed by atoms with E-state index in [1.807, 2.05) is 11.7 Å². The van der Waals surface area contributed by atoms with Gasteiger partial charge in [0.05, 0.1) is 15.9 Å². The lowest BCUT2D eigenvalue weighted by Crippen LogP contribution is -2.24. The highest BCUT2D eigenvalue weighted by Crippen LogP contribution is 2.25. The zero-order chi connectivity index (χ0) is 13.3. The lowest BCUT2D eigenvalue weighted by molar-refractivity contribution is -0.122. The Balaban J connectivity index is 2.14. The van der Waals surface area contributed by atoms with Crippen molar-refractivity contribution in [2.24, 2.45) is 18.9 Å². The maximum absolute atomic E-state index is 12.3. The van der Waals surface area contributed by atoms with Crippen LogP contribution in [0.3, 0.4) is 0 Å². The van der Waals surface area contributed by atoms with E-state index < -0.39 is 0 Å². The number of halogens is 1. The lowest BCUT2D eigenvalue weighted by Gasteiger charge is -2.12. The molecule has 1 fully saturated rings. The third kappa shape index (κ3) is 2.52. The monoisotopic (exact) mass is 313 g/mol. The molecule has 2 rings (SSSR count). The van der Waals surface area contributed by atoms with E-state index in [1.165, 1.54) is 0 Å². The highest BCUT2D eigenvalue weighted by molar-refractivity contribution is 9.10. The van der Waals surface area contributed by atoms with E-state index in [1.54, 1.807) is 0 Å². The molecule has 1 aliphatic heterocycles. The zero-order valence-corrected chi connectivity index (χ0v) is 12.7. The van der Waals surface area contributed by atoms with Crippen molar-refractivity contribution < 1.29 is 4.79 Å². The first-order valence-electron chi connectivity index (χ1n) is 6.48. The minimum atomic E-state index is 0.150. The van der Waals surface area contributed by atoms with E-state index in [9.17, 15) is 4.79 Å². The van der Waals surface area contributed by atoms with Crippen molar-refractivity contribution in [3.05, 3.63) is 15.9 Å². The first kappa shape index (κ1) is 13.7. The van der Waals surface area contributed by atoms with Crippen LogP contribution >= 0.6 is 15.9 Å². The SMILES string of the molecule is CCc1nn(C)c(CC(=O)C2CNCC2C)c1Br. The molecule has 1 aliphatic rings. The van der Waals surface area contributed by atoms with Crippen LogP contribution in [-0.2, 0) is 24.7 Å². The van der Waals surface area contributed by atoms with Crippen LogP contribution in [0.25, 0.3) is 0 Å². The van der Waals surface area contributed by atoms with Crippen LogP contribution in [0.1, 0.15) is 25.2 Å². The van der Waals surface area contributed by atoms with Gasteiger partial charge in [-0.05, 0) is 34.8 Å². The molecule has 2 heterocycles. The number of rotatable bonds is 4. The number of hydrogen-bond acceptors (Lipinski definition) is 3. The summed E-state index contributed by atoms with van der Waals surface area (Å²) in [6.45, 7) is 5.97. The molecule has 1 N–H and O–H groups in total. The summed E-state index contributed by atoms with van der Waals surface area (Å²) in [7, 11) is 1.91. The Morgan fingerprint density at radius 1 is 1.56 bits per heavy atom. The second-order valence-electron chi connectivity index (χ2n) is 5.07. The van der Waals surface area contributed by atoms with Crippen LogP contribution in [0.2, 0.25) is 0 Å². The highest BCUT2D eigenvalue weighted by atomic mass is 79.9. The molecule has 0 saturated carbocycles. The normalized spacial score (nSPS) is 23.6. The Hall–Kier alpha value is -0.680. The number of ketones is 1. The van der Waals surface area contributed by atoms with Crippen molar-refractivity contribution in [3.63, 3.8) is 0 Å². The molecule has 0 aliphatic carbocycles. The molecule has 0 amide bonds. The standard InChI is InChI=1S/C13H20BrN3O/c1-4-10-13(14)11(17(3)16-10)5-12(18)9-7-15-6-8(9)2/h8-9,15H,4-7H2,1-3H3. The molecule has 1 aromatic rings. The minimum absolute atomic E-state index is 0.150. The van der Waals surface area contributed by atoms with Crippen LogP contribution in [0.4, 0.5) is 0 Å².